The number of ether oxygens (including phenoxy) is 2. The molecule has 0 aliphatic carbocycles. The lowest BCUT2D eigenvalue weighted by molar-refractivity contribution is 0.317. The van der Waals surface area contributed by atoms with Gasteiger partial charge in [0.15, 0.2) is 0 Å². The van der Waals surface area contributed by atoms with Gasteiger partial charge in [-0.05, 0) is 36.2 Å². The molecular weight excluding hydrogens is 269 g/mol. The van der Waals surface area contributed by atoms with Crippen LogP contribution in [0.5, 0.6) is 11.5 Å². The summed E-state index contributed by atoms with van der Waals surface area (Å²) in [6.07, 6.45) is 0.952. The molecule has 1 atom stereocenters. The number of hydrogen-bond donors (Lipinski definition) is 1. The largest absolute Gasteiger partial charge is 0.496 e. The van der Waals surface area contributed by atoms with Crippen LogP contribution in [0.15, 0.2) is 42.5 Å². The van der Waals surface area contributed by atoms with Crippen LogP contribution in [-0.2, 0) is 0 Å². The average molecular weight is 289 g/mol. The fourth-order valence-corrected chi connectivity index (χ4v) is 2.16. The molecule has 0 amide bonds. The quantitative estimate of drug-likeness (QED) is 0.882. The van der Waals surface area contributed by atoms with Crippen LogP contribution in [0.25, 0.3) is 0 Å². The summed E-state index contributed by atoms with van der Waals surface area (Å²) in [5.41, 5.74) is 7.35. The molecule has 0 radical (unpaired) electrons. The van der Waals surface area contributed by atoms with Crippen molar-refractivity contribution in [2.24, 2.45) is 5.73 Å². The van der Waals surface area contributed by atoms with E-state index >= 15 is 0 Å². The van der Waals surface area contributed by atoms with Gasteiger partial charge in [-0.1, -0.05) is 25.1 Å². The van der Waals surface area contributed by atoms with E-state index in [4.69, 9.17) is 15.2 Å². The highest BCUT2D eigenvalue weighted by Gasteiger charge is 2.18. The van der Waals surface area contributed by atoms with Crippen LogP contribution in [0.1, 0.15) is 30.5 Å². The maximum atomic E-state index is 14.0. The Kier molecular flexibility index (Phi) is 5.17. The SMILES string of the molecule is CCCOc1ccc(C(N)c2c(F)cccc2OC)cc1. The van der Waals surface area contributed by atoms with Crippen molar-refractivity contribution in [1.82, 2.24) is 0 Å². The van der Waals surface area contributed by atoms with E-state index in [1.807, 2.05) is 24.3 Å². The predicted molar refractivity (Wildman–Crippen MR) is 81.2 cm³/mol. The molecular formula is C17H20FNO2. The molecule has 21 heavy (non-hydrogen) atoms. The van der Waals surface area contributed by atoms with Crippen LogP contribution in [0, 0.1) is 5.82 Å². The zero-order valence-electron chi connectivity index (χ0n) is 12.3. The van der Waals surface area contributed by atoms with E-state index in [0.29, 0.717) is 17.9 Å². The van der Waals surface area contributed by atoms with Gasteiger partial charge in [-0.2, -0.15) is 0 Å². The molecule has 2 rings (SSSR count). The third-order valence-electron chi connectivity index (χ3n) is 3.26. The van der Waals surface area contributed by atoms with Crippen molar-refractivity contribution in [3.63, 3.8) is 0 Å². The van der Waals surface area contributed by atoms with Gasteiger partial charge in [-0.25, -0.2) is 4.39 Å². The number of nitrogens with two attached hydrogens (primary N) is 1. The molecule has 0 aliphatic rings. The summed E-state index contributed by atoms with van der Waals surface area (Å²) in [6, 6.07) is 11.5. The fourth-order valence-electron chi connectivity index (χ4n) is 2.16. The van der Waals surface area contributed by atoms with Gasteiger partial charge < -0.3 is 15.2 Å². The van der Waals surface area contributed by atoms with Crippen LogP contribution >= 0.6 is 0 Å². The molecule has 2 aromatic rings. The molecule has 0 saturated carbocycles. The molecule has 2 aromatic carbocycles. The number of hydrogen-bond acceptors (Lipinski definition) is 3. The summed E-state index contributed by atoms with van der Waals surface area (Å²) >= 11 is 0. The van der Waals surface area contributed by atoms with Crippen molar-refractivity contribution >= 4 is 0 Å². The third kappa shape index (κ3) is 3.52. The van der Waals surface area contributed by atoms with Crippen LogP contribution in [0.4, 0.5) is 4.39 Å². The minimum atomic E-state index is -0.582. The van der Waals surface area contributed by atoms with Crippen LogP contribution < -0.4 is 15.2 Å². The summed E-state index contributed by atoms with van der Waals surface area (Å²) in [4.78, 5) is 0. The maximum Gasteiger partial charge on any atom is 0.132 e. The Morgan fingerprint density at radius 2 is 1.86 bits per heavy atom. The minimum Gasteiger partial charge on any atom is -0.496 e. The Bertz CT molecular complexity index is 584. The summed E-state index contributed by atoms with van der Waals surface area (Å²) < 4.78 is 24.8. The molecule has 0 fully saturated rings. The zero-order valence-corrected chi connectivity index (χ0v) is 12.3. The molecule has 112 valence electrons. The highest BCUT2D eigenvalue weighted by atomic mass is 19.1. The summed E-state index contributed by atoms with van der Waals surface area (Å²) in [5, 5.41) is 0. The molecule has 1 unspecified atom stereocenters. The lowest BCUT2D eigenvalue weighted by Crippen LogP contribution is -2.15. The topological polar surface area (TPSA) is 44.5 Å². The van der Waals surface area contributed by atoms with Gasteiger partial charge in [0.05, 0.1) is 25.3 Å². The van der Waals surface area contributed by atoms with E-state index in [9.17, 15) is 4.39 Å². The van der Waals surface area contributed by atoms with Crippen molar-refractivity contribution in [2.75, 3.05) is 13.7 Å². The lowest BCUT2D eigenvalue weighted by Gasteiger charge is -2.17. The molecule has 0 bridgehead atoms. The number of methoxy groups -OCH3 is 1. The van der Waals surface area contributed by atoms with E-state index in [1.165, 1.54) is 13.2 Å². The molecule has 0 aliphatic heterocycles. The normalized spacial score (nSPS) is 12.0. The first-order valence-corrected chi connectivity index (χ1v) is 6.98. The van der Waals surface area contributed by atoms with Gasteiger partial charge in [-0.3, -0.25) is 0 Å². The molecule has 0 saturated heterocycles. The van der Waals surface area contributed by atoms with Crippen molar-refractivity contribution in [1.29, 1.82) is 0 Å². The predicted octanol–water partition coefficient (Wildman–Crippen LogP) is 3.67. The van der Waals surface area contributed by atoms with Gasteiger partial charge in [-0.15, -0.1) is 0 Å². The van der Waals surface area contributed by atoms with Crippen molar-refractivity contribution < 1.29 is 13.9 Å². The molecule has 4 heteroatoms. The summed E-state index contributed by atoms with van der Waals surface area (Å²) in [7, 11) is 1.51. The van der Waals surface area contributed by atoms with Crippen LogP contribution in [-0.4, -0.2) is 13.7 Å². The first kappa shape index (κ1) is 15.3. The molecule has 0 aromatic heterocycles. The Labute approximate surface area is 124 Å². The maximum absolute atomic E-state index is 14.0. The van der Waals surface area contributed by atoms with Gasteiger partial charge in [0.2, 0.25) is 0 Å². The highest BCUT2D eigenvalue weighted by Crippen LogP contribution is 2.31. The lowest BCUT2D eigenvalue weighted by atomic mass is 9.98. The van der Waals surface area contributed by atoms with Gasteiger partial charge >= 0.3 is 0 Å². The molecule has 0 heterocycles. The first-order chi connectivity index (χ1) is 10.2. The molecule has 2 N–H and O–H groups in total. The van der Waals surface area contributed by atoms with Crippen LogP contribution in [0.3, 0.4) is 0 Å². The number of rotatable bonds is 6. The Morgan fingerprint density at radius 3 is 2.48 bits per heavy atom. The van der Waals surface area contributed by atoms with Crippen molar-refractivity contribution in [3.05, 3.63) is 59.4 Å². The third-order valence-corrected chi connectivity index (χ3v) is 3.26. The number of benzene rings is 2. The summed E-state index contributed by atoms with van der Waals surface area (Å²) in [5.74, 6) is 0.871. The zero-order chi connectivity index (χ0) is 15.2. The Morgan fingerprint density at radius 1 is 1.14 bits per heavy atom. The Hall–Kier alpha value is -2.07. The van der Waals surface area contributed by atoms with E-state index in [0.717, 1.165) is 17.7 Å². The van der Waals surface area contributed by atoms with Gasteiger partial charge in [0.25, 0.3) is 0 Å². The van der Waals surface area contributed by atoms with E-state index in [1.54, 1.807) is 12.1 Å². The van der Waals surface area contributed by atoms with Gasteiger partial charge in [0, 0.05) is 0 Å². The molecule has 3 nitrogen and oxygen atoms in total. The van der Waals surface area contributed by atoms with Crippen LogP contribution in [0.2, 0.25) is 0 Å². The van der Waals surface area contributed by atoms with E-state index in [-0.39, 0.29) is 5.82 Å². The minimum absolute atomic E-state index is 0.363. The monoisotopic (exact) mass is 289 g/mol. The highest BCUT2D eigenvalue weighted by molar-refractivity contribution is 5.43. The number of halogens is 1. The smallest absolute Gasteiger partial charge is 0.132 e. The van der Waals surface area contributed by atoms with E-state index in [2.05, 4.69) is 6.92 Å². The Balaban J connectivity index is 2.26. The summed E-state index contributed by atoms with van der Waals surface area (Å²) in [6.45, 7) is 2.72. The average Bonchev–Trinajstić information content (AvgIpc) is 2.52. The standard InChI is InChI=1S/C17H20FNO2/c1-3-11-21-13-9-7-12(8-10-13)17(19)16-14(18)5-4-6-15(16)20-2/h4-10,17H,3,11,19H2,1-2H3. The van der Waals surface area contributed by atoms with E-state index < -0.39 is 6.04 Å². The second-order valence-electron chi connectivity index (χ2n) is 4.75. The fraction of sp³-hybridized carbons (Fsp3) is 0.294. The second-order valence-corrected chi connectivity index (χ2v) is 4.75. The van der Waals surface area contributed by atoms with Gasteiger partial charge in [0.1, 0.15) is 17.3 Å². The second kappa shape index (κ2) is 7.09. The first-order valence-electron chi connectivity index (χ1n) is 6.98. The molecule has 0 spiro atoms. The van der Waals surface area contributed by atoms with Crippen molar-refractivity contribution in [3.8, 4) is 11.5 Å². The van der Waals surface area contributed by atoms with Crippen molar-refractivity contribution in [2.45, 2.75) is 19.4 Å².